The third-order valence-electron chi connectivity index (χ3n) is 10.5. The topological polar surface area (TPSA) is 96.0 Å². The van der Waals surface area contributed by atoms with Gasteiger partial charge in [0.05, 0.1) is 6.42 Å². The summed E-state index contributed by atoms with van der Waals surface area (Å²) in [6.45, 7) is 4.12. The van der Waals surface area contributed by atoms with Crippen LogP contribution in [0.25, 0.3) is 0 Å². The zero-order valence-corrected chi connectivity index (χ0v) is 36.0. The molecule has 0 atom stereocenters. The number of hydrogen-bond acceptors (Lipinski definition) is 7. The molecule has 1 aliphatic carbocycles. The van der Waals surface area contributed by atoms with Gasteiger partial charge in [0, 0.05) is 25.2 Å². The van der Waals surface area contributed by atoms with Gasteiger partial charge in [-0.1, -0.05) is 146 Å². The minimum atomic E-state index is -0.894. The molecule has 0 spiro atoms. The Bertz CT molecular complexity index is 1040. The highest BCUT2D eigenvalue weighted by atomic mass is 16.6. The van der Waals surface area contributed by atoms with E-state index in [0.717, 1.165) is 122 Å². The zero-order chi connectivity index (χ0) is 40.6. The van der Waals surface area contributed by atoms with Gasteiger partial charge in [0.15, 0.2) is 6.10 Å². The molecule has 0 bridgehead atoms. The molecule has 0 amide bonds. The maximum absolute atomic E-state index is 12.7. The molecule has 1 rings (SSSR count). The van der Waals surface area contributed by atoms with E-state index in [0.29, 0.717) is 12.8 Å². The number of hydrogen-bond donors (Lipinski definition) is 0. The van der Waals surface area contributed by atoms with Gasteiger partial charge >= 0.3 is 17.9 Å². The van der Waals surface area contributed by atoms with Gasteiger partial charge in [-0.15, -0.1) is 0 Å². The largest absolute Gasteiger partial charge is 0.462 e. The first-order valence-corrected chi connectivity index (χ1v) is 23.1. The molecule has 1 fully saturated rings. The maximum atomic E-state index is 12.7. The minimum Gasteiger partial charge on any atom is -0.462 e. The lowest BCUT2D eigenvalue weighted by Crippen LogP contribution is -2.31. The molecule has 7 nitrogen and oxygen atoms in total. The lowest BCUT2D eigenvalue weighted by Gasteiger charge is -2.21. The van der Waals surface area contributed by atoms with Crippen LogP contribution in [0.5, 0.6) is 0 Å². The fourth-order valence-corrected chi connectivity index (χ4v) is 6.89. The standard InChI is InChI=1S/C49H82O7/c1-3-5-7-9-11-13-15-17-19-21-23-25-27-29-34-38-47(51)54-42-45(56-49(53)41-40-46(50)44-36-32-31-33-37-44)43-55-48(52)39-35-30-28-26-24-22-20-18-16-14-12-10-8-6-4-2/h11-14,17-20,44-45H,3-10,15-16,21-43H2,1-2H3/b13-11-,14-12-,19-17-,20-18-. The quantitative estimate of drug-likeness (QED) is 0.0268. The van der Waals surface area contributed by atoms with Crippen molar-refractivity contribution in [1.29, 1.82) is 0 Å². The van der Waals surface area contributed by atoms with E-state index in [1.54, 1.807) is 0 Å². The SMILES string of the molecule is CCCCC/C=C\C/C=C\CCCCCCCC(=O)OCC(COC(=O)CCCCCCC/C=C\C/C=C\CCCCC)OC(=O)CCC(=O)C1CCCCC1. The van der Waals surface area contributed by atoms with Crippen LogP contribution in [0.15, 0.2) is 48.6 Å². The number of ketones is 1. The van der Waals surface area contributed by atoms with Crippen LogP contribution in [-0.4, -0.2) is 43.0 Å². The lowest BCUT2D eigenvalue weighted by atomic mass is 9.85. The Morgan fingerprint density at radius 2 is 0.875 bits per heavy atom. The van der Waals surface area contributed by atoms with Gasteiger partial charge in [-0.05, 0) is 89.9 Å². The van der Waals surface area contributed by atoms with Crippen molar-refractivity contribution in [2.24, 2.45) is 5.92 Å². The summed E-state index contributed by atoms with van der Waals surface area (Å²) in [5.74, 6) is -1.07. The van der Waals surface area contributed by atoms with Crippen LogP contribution in [0.4, 0.5) is 0 Å². The van der Waals surface area contributed by atoms with E-state index in [1.807, 2.05) is 0 Å². The Kier molecular flexibility index (Phi) is 35.5. The van der Waals surface area contributed by atoms with Gasteiger partial charge in [0.2, 0.25) is 0 Å². The summed E-state index contributed by atoms with van der Waals surface area (Å²) in [5.41, 5.74) is 0. The molecule has 7 heteroatoms. The van der Waals surface area contributed by atoms with E-state index in [4.69, 9.17) is 14.2 Å². The molecule has 0 heterocycles. The van der Waals surface area contributed by atoms with Crippen LogP contribution in [0.1, 0.15) is 213 Å². The van der Waals surface area contributed by atoms with E-state index in [2.05, 4.69) is 62.5 Å². The van der Waals surface area contributed by atoms with Gasteiger partial charge in [0.1, 0.15) is 19.0 Å². The van der Waals surface area contributed by atoms with Gasteiger partial charge in [-0.25, -0.2) is 0 Å². The third-order valence-corrected chi connectivity index (χ3v) is 10.5. The van der Waals surface area contributed by atoms with Gasteiger partial charge < -0.3 is 14.2 Å². The average molecular weight is 783 g/mol. The number of Topliss-reactive ketones (excluding diaryl/α,β-unsaturated/α-hetero) is 1. The summed E-state index contributed by atoms with van der Waals surface area (Å²) < 4.78 is 16.5. The van der Waals surface area contributed by atoms with Crippen LogP contribution < -0.4 is 0 Å². The van der Waals surface area contributed by atoms with E-state index in [-0.39, 0.29) is 49.7 Å². The first kappa shape index (κ1) is 51.1. The van der Waals surface area contributed by atoms with Gasteiger partial charge in [-0.2, -0.15) is 0 Å². The molecule has 0 radical (unpaired) electrons. The molecular weight excluding hydrogens is 701 g/mol. The van der Waals surface area contributed by atoms with E-state index in [9.17, 15) is 19.2 Å². The second kappa shape index (κ2) is 38.9. The van der Waals surface area contributed by atoms with Crippen molar-refractivity contribution in [3.8, 4) is 0 Å². The fourth-order valence-electron chi connectivity index (χ4n) is 6.89. The second-order valence-electron chi connectivity index (χ2n) is 15.7. The summed E-state index contributed by atoms with van der Waals surface area (Å²) in [6.07, 6.45) is 47.4. The highest BCUT2D eigenvalue weighted by molar-refractivity contribution is 5.84. The summed E-state index contributed by atoms with van der Waals surface area (Å²) >= 11 is 0. The van der Waals surface area contributed by atoms with Crippen molar-refractivity contribution in [3.05, 3.63) is 48.6 Å². The molecule has 1 aliphatic rings. The number of carbonyl (C=O) groups is 4. The normalized spacial score (nSPS) is 13.8. The van der Waals surface area contributed by atoms with Crippen molar-refractivity contribution in [1.82, 2.24) is 0 Å². The predicted molar refractivity (Wildman–Crippen MR) is 231 cm³/mol. The highest BCUT2D eigenvalue weighted by Gasteiger charge is 2.24. The number of carbonyl (C=O) groups excluding carboxylic acids is 4. The van der Waals surface area contributed by atoms with Crippen LogP contribution in [0.3, 0.4) is 0 Å². The van der Waals surface area contributed by atoms with Crippen molar-refractivity contribution in [2.75, 3.05) is 13.2 Å². The van der Waals surface area contributed by atoms with Crippen molar-refractivity contribution < 1.29 is 33.4 Å². The lowest BCUT2D eigenvalue weighted by molar-refractivity contribution is -0.167. The fraction of sp³-hybridized carbons (Fsp3) is 0.755. The van der Waals surface area contributed by atoms with Crippen LogP contribution in [0, 0.1) is 5.92 Å². The Hall–Kier alpha value is -2.96. The average Bonchev–Trinajstić information content (AvgIpc) is 3.21. The van der Waals surface area contributed by atoms with Gasteiger partial charge in [-0.3, -0.25) is 19.2 Å². The first-order chi connectivity index (χ1) is 27.5. The molecule has 0 aliphatic heterocycles. The number of ether oxygens (including phenoxy) is 3. The van der Waals surface area contributed by atoms with E-state index in [1.165, 1.54) is 51.4 Å². The van der Waals surface area contributed by atoms with Crippen molar-refractivity contribution in [2.45, 2.75) is 219 Å². The molecule has 56 heavy (non-hydrogen) atoms. The highest BCUT2D eigenvalue weighted by Crippen LogP contribution is 2.25. The predicted octanol–water partition coefficient (Wildman–Crippen LogP) is 13.5. The molecule has 1 saturated carbocycles. The Morgan fingerprint density at radius 1 is 0.464 bits per heavy atom. The molecule has 320 valence electrons. The molecule has 0 saturated heterocycles. The zero-order valence-electron chi connectivity index (χ0n) is 36.0. The molecule has 0 N–H and O–H groups in total. The smallest absolute Gasteiger partial charge is 0.306 e. The number of rotatable bonds is 37. The van der Waals surface area contributed by atoms with Crippen LogP contribution in [-0.2, 0) is 33.4 Å². The van der Waals surface area contributed by atoms with E-state index < -0.39 is 12.1 Å². The Labute approximate surface area is 342 Å². The molecular formula is C49H82O7. The Balaban J connectivity index is 2.31. The van der Waals surface area contributed by atoms with Crippen molar-refractivity contribution >= 4 is 23.7 Å². The molecule has 0 aromatic rings. The van der Waals surface area contributed by atoms with Gasteiger partial charge in [0.25, 0.3) is 0 Å². The molecule has 0 unspecified atom stereocenters. The van der Waals surface area contributed by atoms with Crippen molar-refractivity contribution in [3.63, 3.8) is 0 Å². The first-order valence-electron chi connectivity index (χ1n) is 23.1. The second-order valence-corrected chi connectivity index (χ2v) is 15.7. The summed E-state index contributed by atoms with van der Waals surface area (Å²) in [5, 5.41) is 0. The Morgan fingerprint density at radius 3 is 1.32 bits per heavy atom. The molecule has 0 aromatic heterocycles. The molecule has 0 aromatic carbocycles. The number of allylic oxidation sites excluding steroid dienone is 8. The number of esters is 3. The summed E-state index contributed by atoms with van der Waals surface area (Å²) in [6, 6.07) is 0. The van der Waals surface area contributed by atoms with Crippen LogP contribution >= 0.6 is 0 Å². The summed E-state index contributed by atoms with van der Waals surface area (Å²) in [7, 11) is 0. The van der Waals surface area contributed by atoms with Crippen LogP contribution in [0.2, 0.25) is 0 Å². The van der Waals surface area contributed by atoms with E-state index >= 15 is 0 Å². The third kappa shape index (κ3) is 33.2. The maximum Gasteiger partial charge on any atom is 0.306 e. The minimum absolute atomic E-state index is 0.0222. The number of unbranched alkanes of at least 4 members (excludes halogenated alkanes) is 16. The summed E-state index contributed by atoms with van der Waals surface area (Å²) in [4.78, 5) is 50.4. The monoisotopic (exact) mass is 783 g/mol.